The minimum atomic E-state index is -0.456. The molecule has 106 valence electrons. The summed E-state index contributed by atoms with van der Waals surface area (Å²) in [6.45, 7) is 4.15. The molecule has 1 fully saturated rings. The number of hydrogen-bond acceptors (Lipinski definition) is 3. The summed E-state index contributed by atoms with van der Waals surface area (Å²) in [6.07, 6.45) is 0. The largest absolute Gasteiger partial charge is 0.494 e. The number of nitrogens with zero attached hydrogens (tertiary/aromatic N) is 1. The first-order valence-corrected chi connectivity index (χ1v) is 5.98. The van der Waals surface area contributed by atoms with Crippen LogP contribution in [0.15, 0.2) is 18.2 Å². The molecular formula is C13H18ClFN2O2. The normalized spacial score (nSPS) is 18.7. The van der Waals surface area contributed by atoms with Crippen molar-refractivity contribution >= 4 is 18.3 Å². The maximum atomic E-state index is 13.3. The van der Waals surface area contributed by atoms with Crippen LogP contribution in [-0.2, 0) is 0 Å². The predicted octanol–water partition coefficient (Wildman–Crippen LogP) is 1.69. The standard InChI is InChI=1S/C13H17FN2O2.ClH/c1-9-8-16(6-5-15-9)13(17)10-3-4-11(14)12(7-10)18-2;/h3-4,7,9,15H,5-6,8H2,1-2H3;1H/t9-;/m0./s1. The number of hydrogen-bond donors (Lipinski definition) is 1. The van der Waals surface area contributed by atoms with Crippen molar-refractivity contribution in [3.05, 3.63) is 29.6 Å². The van der Waals surface area contributed by atoms with E-state index in [0.717, 1.165) is 6.54 Å². The highest BCUT2D eigenvalue weighted by Crippen LogP contribution is 2.19. The third-order valence-corrected chi connectivity index (χ3v) is 3.05. The first-order chi connectivity index (χ1) is 8.61. The van der Waals surface area contributed by atoms with Crippen LogP contribution in [0.5, 0.6) is 5.75 Å². The minimum Gasteiger partial charge on any atom is -0.494 e. The highest BCUT2D eigenvalue weighted by atomic mass is 35.5. The monoisotopic (exact) mass is 288 g/mol. The number of rotatable bonds is 2. The smallest absolute Gasteiger partial charge is 0.254 e. The fourth-order valence-electron chi connectivity index (χ4n) is 2.09. The van der Waals surface area contributed by atoms with E-state index in [1.165, 1.54) is 25.3 Å². The number of benzene rings is 1. The van der Waals surface area contributed by atoms with Crippen molar-refractivity contribution in [1.82, 2.24) is 10.2 Å². The Morgan fingerprint density at radius 1 is 1.53 bits per heavy atom. The van der Waals surface area contributed by atoms with Crippen LogP contribution in [0, 0.1) is 5.82 Å². The molecule has 0 saturated carbocycles. The van der Waals surface area contributed by atoms with Gasteiger partial charge >= 0.3 is 0 Å². The summed E-state index contributed by atoms with van der Waals surface area (Å²) < 4.78 is 18.2. The van der Waals surface area contributed by atoms with E-state index >= 15 is 0 Å². The van der Waals surface area contributed by atoms with Gasteiger partial charge < -0.3 is 15.0 Å². The van der Waals surface area contributed by atoms with Crippen molar-refractivity contribution in [2.24, 2.45) is 0 Å². The highest BCUT2D eigenvalue weighted by Gasteiger charge is 2.22. The predicted molar refractivity (Wildman–Crippen MR) is 73.6 cm³/mol. The van der Waals surface area contributed by atoms with E-state index in [0.29, 0.717) is 18.7 Å². The summed E-state index contributed by atoms with van der Waals surface area (Å²) in [6, 6.07) is 4.49. The van der Waals surface area contributed by atoms with Crippen molar-refractivity contribution in [2.75, 3.05) is 26.7 Å². The van der Waals surface area contributed by atoms with Crippen LogP contribution < -0.4 is 10.1 Å². The van der Waals surface area contributed by atoms with Crippen LogP contribution in [0.25, 0.3) is 0 Å². The molecule has 0 bridgehead atoms. The molecule has 1 aromatic rings. The Kier molecular flexibility index (Phi) is 5.57. The Labute approximate surface area is 118 Å². The molecule has 0 spiro atoms. The quantitative estimate of drug-likeness (QED) is 0.900. The van der Waals surface area contributed by atoms with Crippen molar-refractivity contribution in [2.45, 2.75) is 13.0 Å². The first-order valence-electron chi connectivity index (χ1n) is 5.98. The number of ether oxygens (including phenoxy) is 1. The Morgan fingerprint density at radius 3 is 2.89 bits per heavy atom. The van der Waals surface area contributed by atoms with Crippen LogP contribution in [0.1, 0.15) is 17.3 Å². The van der Waals surface area contributed by atoms with Crippen LogP contribution in [0.4, 0.5) is 4.39 Å². The van der Waals surface area contributed by atoms with E-state index in [4.69, 9.17) is 4.74 Å². The van der Waals surface area contributed by atoms with Gasteiger partial charge in [0.1, 0.15) is 0 Å². The summed E-state index contributed by atoms with van der Waals surface area (Å²) in [4.78, 5) is 14.0. The molecule has 4 nitrogen and oxygen atoms in total. The molecular weight excluding hydrogens is 271 g/mol. The minimum absolute atomic E-state index is 0. The molecule has 19 heavy (non-hydrogen) atoms. The summed E-state index contributed by atoms with van der Waals surface area (Å²) in [5.74, 6) is -0.437. The van der Waals surface area contributed by atoms with Crippen molar-refractivity contribution < 1.29 is 13.9 Å². The molecule has 1 saturated heterocycles. The van der Waals surface area contributed by atoms with E-state index in [9.17, 15) is 9.18 Å². The van der Waals surface area contributed by atoms with E-state index in [-0.39, 0.29) is 30.1 Å². The highest BCUT2D eigenvalue weighted by molar-refractivity contribution is 5.94. The third kappa shape index (κ3) is 3.58. The van der Waals surface area contributed by atoms with E-state index in [2.05, 4.69) is 5.32 Å². The van der Waals surface area contributed by atoms with Gasteiger partial charge in [0.25, 0.3) is 5.91 Å². The van der Waals surface area contributed by atoms with Crippen molar-refractivity contribution in [3.63, 3.8) is 0 Å². The number of nitrogens with one attached hydrogen (secondary N) is 1. The second-order valence-corrected chi connectivity index (χ2v) is 4.46. The number of carbonyl (C=O) groups excluding carboxylic acids is 1. The second-order valence-electron chi connectivity index (χ2n) is 4.46. The Balaban J connectivity index is 0.00000180. The van der Waals surface area contributed by atoms with Gasteiger partial charge in [-0.2, -0.15) is 0 Å². The van der Waals surface area contributed by atoms with Crippen LogP contribution in [0.3, 0.4) is 0 Å². The lowest BCUT2D eigenvalue weighted by molar-refractivity contribution is 0.0708. The van der Waals surface area contributed by atoms with Gasteiger partial charge in [0.05, 0.1) is 7.11 Å². The van der Waals surface area contributed by atoms with E-state index in [1.54, 1.807) is 4.90 Å². The number of carbonyl (C=O) groups is 1. The second kappa shape index (κ2) is 6.73. The molecule has 0 unspecified atom stereocenters. The fraction of sp³-hybridized carbons (Fsp3) is 0.462. The zero-order valence-corrected chi connectivity index (χ0v) is 11.8. The Bertz CT molecular complexity index is 456. The molecule has 1 aliphatic heterocycles. The first kappa shape index (κ1) is 15.7. The molecule has 1 aromatic carbocycles. The summed E-state index contributed by atoms with van der Waals surface area (Å²) in [7, 11) is 1.39. The van der Waals surface area contributed by atoms with Crippen LogP contribution in [-0.4, -0.2) is 43.6 Å². The molecule has 0 aliphatic carbocycles. The Morgan fingerprint density at radius 2 is 2.26 bits per heavy atom. The Hall–Kier alpha value is -1.33. The van der Waals surface area contributed by atoms with Gasteiger partial charge in [-0.1, -0.05) is 0 Å². The maximum absolute atomic E-state index is 13.3. The van der Waals surface area contributed by atoms with Crippen LogP contribution in [0.2, 0.25) is 0 Å². The van der Waals surface area contributed by atoms with Gasteiger partial charge in [-0.05, 0) is 25.1 Å². The average molecular weight is 289 g/mol. The maximum Gasteiger partial charge on any atom is 0.254 e. The van der Waals surface area contributed by atoms with Crippen molar-refractivity contribution in [3.8, 4) is 5.75 Å². The molecule has 1 N–H and O–H groups in total. The number of amides is 1. The zero-order chi connectivity index (χ0) is 13.1. The van der Waals surface area contributed by atoms with Crippen LogP contribution >= 0.6 is 12.4 Å². The molecule has 1 atom stereocenters. The molecule has 0 radical (unpaired) electrons. The lowest BCUT2D eigenvalue weighted by Crippen LogP contribution is -2.51. The molecule has 2 rings (SSSR count). The van der Waals surface area contributed by atoms with Gasteiger partial charge in [-0.3, -0.25) is 4.79 Å². The van der Waals surface area contributed by atoms with E-state index < -0.39 is 5.82 Å². The lowest BCUT2D eigenvalue weighted by atomic mass is 10.1. The molecule has 1 aliphatic rings. The summed E-state index contributed by atoms with van der Waals surface area (Å²) in [5, 5.41) is 3.27. The molecule has 1 amide bonds. The zero-order valence-electron chi connectivity index (χ0n) is 11.0. The van der Waals surface area contributed by atoms with Gasteiger partial charge in [0.2, 0.25) is 0 Å². The van der Waals surface area contributed by atoms with Gasteiger partial charge in [-0.15, -0.1) is 12.4 Å². The summed E-state index contributed by atoms with van der Waals surface area (Å²) >= 11 is 0. The van der Waals surface area contributed by atoms with Gasteiger partial charge in [0.15, 0.2) is 11.6 Å². The number of halogens is 2. The van der Waals surface area contributed by atoms with Gasteiger partial charge in [-0.25, -0.2) is 4.39 Å². The lowest BCUT2D eigenvalue weighted by Gasteiger charge is -2.32. The SMILES string of the molecule is COc1cc(C(=O)N2CCN[C@@H](C)C2)ccc1F.Cl. The van der Waals surface area contributed by atoms with Gasteiger partial charge in [0, 0.05) is 31.2 Å². The number of methoxy groups -OCH3 is 1. The molecule has 0 aromatic heterocycles. The fourth-order valence-corrected chi connectivity index (χ4v) is 2.09. The average Bonchev–Trinajstić information content (AvgIpc) is 2.38. The molecule has 1 heterocycles. The summed E-state index contributed by atoms with van der Waals surface area (Å²) in [5.41, 5.74) is 0.461. The van der Waals surface area contributed by atoms with E-state index in [1.807, 2.05) is 6.92 Å². The molecule has 6 heteroatoms. The van der Waals surface area contributed by atoms with Crippen molar-refractivity contribution in [1.29, 1.82) is 0 Å². The topological polar surface area (TPSA) is 41.6 Å². The number of piperazine rings is 1. The third-order valence-electron chi connectivity index (χ3n) is 3.05.